The summed E-state index contributed by atoms with van der Waals surface area (Å²) in [7, 11) is 0. The van der Waals surface area contributed by atoms with Crippen molar-refractivity contribution in [1.82, 2.24) is 10.2 Å². The van der Waals surface area contributed by atoms with Crippen LogP contribution in [0.1, 0.15) is 38.7 Å². The predicted octanol–water partition coefficient (Wildman–Crippen LogP) is 3.80. The zero-order valence-electron chi connectivity index (χ0n) is 13.6. The molecule has 0 aromatic heterocycles. The number of hydrogen-bond donors (Lipinski definition) is 1. The average molecular weight is 286 g/mol. The van der Waals surface area contributed by atoms with E-state index < -0.39 is 0 Å². The normalized spacial score (nSPS) is 20.4. The lowest BCUT2D eigenvalue weighted by Crippen LogP contribution is -2.46. The summed E-state index contributed by atoms with van der Waals surface area (Å²) in [6.45, 7) is 9.13. The summed E-state index contributed by atoms with van der Waals surface area (Å²) < 4.78 is 0. The van der Waals surface area contributed by atoms with Gasteiger partial charge in [-0.05, 0) is 37.4 Å². The van der Waals surface area contributed by atoms with Gasteiger partial charge < -0.3 is 5.32 Å². The van der Waals surface area contributed by atoms with E-state index in [0.717, 1.165) is 25.6 Å². The van der Waals surface area contributed by atoms with E-state index >= 15 is 0 Å². The minimum absolute atomic E-state index is 0.706. The lowest BCUT2D eigenvalue weighted by molar-refractivity contribution is 0.161. The summed E-state index contributed by atoms with van der Waals surface area (Å²) >= 11 is 0. The van der Waals surface area contributed by atoms with Gasteiger partial charge in [0, 0.05) is 19.1 Å². The zero-order valence-corrected chi connectivity index (χ0v) is 13.6. The molecule has 0 amide bonds. The van der Waals surface area contributed by atoms with Crippen molar-refractivity contribution in [2.45, 2.75) is 39.2 Å². The molecule has 1 aliphatic heterocycles. The molecule has 1 fully saturated rings. The molecule has 21 heavy (non-hydrogen) atoms. The standard InChI is InChI=1S/C19H30N2/c1-17(2)15-20-16-19-12-6-7-13-21(19)14-8-11-18-9-4-3-5-10-18/h3-5,8-11,17,19-20H,6-7,12-16H2,1-2H3. The molecule has 0 bridgehead atoms. The smallest absolute Gasteiger partial charge is 0.0223 e. The Bertz CT molecular complexity index is 411. The first-order chi connectivity index (χ1) is 10.3. The fourth-order valence-corrected chi connectivity index (χ4v) is 2.96. The van der Waals surface area contributed by atoms with E-state index in [4.69, 9.17) is 0 Å². The summed E-state index contributed by atoms with van der Waals surface area (Å²) in [6, 6.07) is 11.3. The fourth-order valence-electron chi connectivity index (χ4n) is 2.96. The number of hydrogen-bond acceptors (Lipinski definition) is 2. The quantitative estimate of drug-likeness (QED) is 0.820. The van der Waals surface area contributed by atoms with Crippen LogP contribution in [0.2, 0.25) is 0 Å². The van der Waals surface area contributed by atoms with Crippen molar-refractivity contribution in [3.8, 4) is 0 Å². The Labute approximate surface area is 130 Å². The summed E-state index contributed by atoms with van der Waals surface area (Å²) in [5.41, 5.74) is 1.30. The maximum atomic E-state index is 3.63. The summed E-state index contributed by atoms with van der Waals surface area (Å²) in [5, 5.41) is 3.63. The van der Waals surface area contributed by atoms with E-state index in [1.165, 1.54) is 31.4 Å². The number of nitrogens with one attached hydrogen (secondary N) is 1. The average Bonchev–Trinajstić information content (AvgIpc) is 2.49. The molecule has 1 aromatic rings. The maximum absolute atomic E-state index is 3.63. The minimum Gasteiger partial charge on any atom is -0.315 e. The maximum Gasteiger partial charge on any atom is 0.0223 e. The van der Waals surface area contributed by atoms with E-state index in [1.807, 2.05) is 0 Å². The van der Waals surface area contributed by atoms with Crippen molar-refractivity contribution in [3.05, 3.63) is 42.0 Å². The Balaban J connectivity index is 1.80. The van der Waals surface area contributed by atoms with Gasteiger partial charge in [-0.3, -0.25) is 4.90 Å². The first-order valence-corrected chi connectivity index (χ1v) is 8.42. The largest absolute Gasteiger partial charge is 0.315 e. The van der Waals surface area contributed by atoms with Crippen molar-refractivity contribution in [1.29, 1.82) is 0 Å². The van der Waals surface area contributed by atoms with Crippen molar-refractivity contribution in [3.63, 3.8) is 0 Å². The van der Waals surface area contributed by atoms with Crippen LogP contribution in [-0.2, 0) is 0 Å². The topological polar surface area (TPSA) is 15.3 Å². The van der Waals surface area contributed by atoms with Crippen molar-refractivity contribution in [2.75, 3.05) is 26.2 Å². The number of piperidine rings is 1. The zero-order chi connectivity index (χ0) is 14.9. The highest BCUT2D eigenvalue weighted by Crippen LogP contribution is 2.16. The molecular weight excluding hydrogens is 256 g/mol. The summed E-state index contributed by atoms with van der Waals surface area (Å²) in [4.78, 5) is 2.64. The highest BCUT2D eigenvalue weighted by Gasteiger charge is 2.20. The van der Waals surface area contributed by atoms with E-state index in [2.05, 4.69) is 66.5 Å². The molecule has 0 radical (unpaired) electrons. The van der Waals surface area contributed by atoms with E-state index in [1.54, 1.807) is 0 Å². The van der Waals surface area contributed by atoms with Gasteiger partial charge in [-0.25, -0.2) is 0 Å². The molecule has 0 aliphatic carbocycles. The molecule has 2 heteroatoms. The Kier molecular flexibility index (Phi) is 6.98. The molecule has 2 nitrogen and oxygen atoms in total. The van der Waals surface area contributed by atoms with Gasteiger partial charge in [-0.1, -0.05) is 62.8 Å². The number of benzene rings is 1. The lowest BCUT2D eigenvalue weighted by Gasteiger charge is -2.35. The Morgan fingerprint density at radius 2 is 2.05 bits per heavy atom. The Hall–Kier alpha value is -1.12. The number of rotatable bonds is 7. The molecule has 1 saturated heterocycles. The van der Waals surface area contributed by atoms with Crippen LogP contribution in [0.4, 0.5) is 0 Å². The van der Waals surface area contributed by atoms with Gasteiger partial charge in [0.2, 0.25) is 0 Å². The molecule has 1 N–H and O–H groups in total. The molecule has 1 heterocycles. The summed E-state index contributed by atoms with van der Waals surface area (Å²) in [6.07, 6.45) is 8.63. The van der Waals surface area contributed by atoms with Gasteiger partial charge in [-0.15, -0.1) is 0 Å². The van der Waals surface area contributed by atoms with Crippen LogP contribution in [0.3, 0.4) is 0 Å². The summed E-state index contributed by atoms with van der Waals surface area (Å²) in [5.74, 6) is 0.736. The van der Waals surface area contributed by atoms with Gasteiger partial charge in [0.15, 0.2) is 0 Å². The third kappa shape index (κ3) is 6.03. The molecule has 116 valence electrons. The molecule has 1 aromatic carbocycles. The highest BCUT2D eigenvalue weighted by molar-refractivity contribution is 5.48. The van der Waals surface area contributed by atoms with Crippen LogP contribution >= 0.6 is 0 Å². The third-order valence-electron chi connectivity index (χ3n) is 4.13. The van der Waals surface area contributed by atoms with Gasteiger partial charge in [0.25, 0.3) is 0 Å². The fraction of sp³-hybridized carbons (Fsp3) is 0.579. The van der Waals surface area contributed by atoms with Crippen LogP contribution < -0.4 is 5.32 Å². The second kappa shape index (κ2) is 9.01. The van der Waals surface area contributed by atoms with Crippen LogP contribution in [-0.4, -0.2) is 37.1 Å². The molecule has 1 aliphatic rings. The second-order valence-electron chi connectivity index (χ2n) is 6.51. The highest BCUT2D eigenvalue weighted by atomic mass is 15.2. The van der Waals surface area contributed by atoms with E-state index in [9.17, 15) is 0 Å². The van der Waals surface area contributed by atoms with Crippen LogP contribution in [0.15, 0.2) is 36.4 Å². The number of nitrogens with zero attached hydrogens (tertiary/aromatic N) is 1. The van der Waals surface area contributed by atoms with Crippen LogP contribution in [0.5, 0.6) is 0 Å². The second-order valence-corrected chi connectivity index (χ2v) is 6.51. The van der Waals surface area contributed by atoms with Crippen molar-refractivity contribution in [2.24, 2.45) is 5.92 Å². The molecular formula is C19H30N2. The SMILES string of the molecule is CC(C)CNCC1CCCCN1CC=Cc1ccccc1. The first-order valence-electron chi connectivity index (χ1n) is 8.42. The van der Waals surface area contributed by atoms with E-state index in [0.29, 0.717) is 6.04 Å². The van der Waals surface area contributed by atoms with Crippen molar-refractivity contribution >= 4 is 6.08 Å². The van der Waals surface area contributed by atoms with Crippen LogP contribution in [0, 0.1) is 5.92 Å². The van der Waals surface area contributed by atoms with Crippen LogP contribution in [0.25, 0.3) is 6.08 Å². The van der Waals surface area contributed by atoms with E-state index in [-0.39, 0.29) is 0 Å². The molecule has 0 spiro atoms. The molecule has 0 saturated carbocycles. The Morgan fingerprint density at radius 1 is 1.24 bits per heavy atom. The predicted molar refractivity (Wildman–Crippen MR) is 92.4 cm³/mol. The third-order valence-corrected chi connectivity index (χ3v) is 4.13. The van der Waals surface area contributed by atoms with Gasteiger partial charge in [0.05, 0.1) is 0 Å². The van der Waals surface area contributed by atoms with Gasteiger partial charge in [-0.2, -0.15) is 0 Å². The molecule has 2 rings (SSSR count). The Morgan fingerprint density at radius 3 is 2.81 bits per heavy atom. The first kappa shape index (κ1) is 16.3. The lowest BCUT2D eigenvalue weighted by atomic mass is 10.0. The minimum atomic E-state index is 0.706. The molecule has 1 unspecified atom stereocenters. The van der Waals surface area contributed by atoms with Crippen molar-refractivity contribution < 1.29 is 0 Å². The van der Waals surface area contributed by atoms with Gasteiger partial charge in [0.1, 0.15) is 0 Å². The molecule has 1 atom stereocenters. The monoisotopic (exact) mass is 286 g/mol. The van der Waals surface area contributed by atoms with Gasteiger partial charge >= 0.3 is 0 Å². The number of likely N-dealkylation sites (tertiary alicyclic amines) is 1.